The molecular weight excluding hydrogens is 424 g/mol. The number of rotatable bonds is 10. The Bertz CT molecular complexity index is 1120. The zero-order chi connectivity index (χ0) is 24.8. The molecule has 0 spiro atoms. The molecule has 0 aliphatic rings. The summed E-state index contributed by atoms with van der Waals surface area (Å²) >= 11 is 0. The molecule has 0 unspecified atom stereocenters. The third kappa shape index (κ3) is 6.86. The van der Waals surface area contributed by atoms with Gasteiger partial charge in [0.1, 0.15) is 23.9 Å². The van der Waals surface area contributed by atoms with E-state index in [9.17, 15) is 15.0 Å². The number of carbonyl (C=O) groups is 1. The van der Waals surface area contributed by atoms with Crippen LogP contribution < -0.4 is 4.74 Å². The fraction of sp³-hybridized carbons (Fsp3) is 0.367. The number of aryl methyl sites for hydroxylation is 4. The van der Waals surface area contributed by atoms with Gasteiger partial charge in [0.2, 0.25) is 0 Å². The highest BCUT2D eigenvalue weighted by Crippen LogP contribution is 2.27. The van der Waals surface area contributed by atoms with E-state index in [0.717, 1.165) is 28.9 Å². The minimum absolute atomic E-state index is 0.0292. The molecule has 0 atom stereocenters. The predicted molar refractivity (Wildman–Crippen MR) is 137 cm³/mol. The molecule has 0 saturated carbocycles. The first kappa shape index (κ1) is 25.4. The summed E-state index contributed by atoms with van der Waals surface area (Å²) in [6.45, 7) is 10.9. The molecule has 0 aromatic heterocycles. The fourth-order valence-electron chi connectivity index (χ4n) is 4.47. The Morgan fingerprint density at radius 1 is 0.853 bits per heavy atom. The monoisotopic (exact) mass is 460 g/mol. The van der Waals surface area contributed by atoms with Gasteiger partial charge in [-0.1, -0.05) is 32.0 Å². The molecule has 0 bridgehead atoms. The van der Waals surface area contributed by atoms with Gasteiger partial charge >= 0.3 is 0 Å². The van der Waals surface area contributed by atoms with Gasteiger partial charge in [-0.2, -0.15) is 0 Å². The zero-order valence-corrected chi connectivity index (χ0v) is 20.9. The van der Waals surface area contributed by atoms with Gasteiger partial charge in [-0.25, -0.2) is 0 Å². The lowest BCUT2D eigenvalue weighted by molar-refractivity contribution is -0.121. The van der Waals surface area contributed by atoms with E-state index in [1.807, 2.05) is 12.1 Å². The second-order valence-electron chi connectivity index (χ2n) is 9.60. The van der Waals surface area contributed by atoms with Crippen molar-refractivity contribution in [1.29, 1.82) is 0 Å². The van der Waals surface area contributed by atoms with Crippen molar-refractivity contribution in [2.45, 2.75) is 66.2 Å². The van der Waals surface area contributed by atoms with Crippen molar-refractivity contribution in [2.24, 2.45) is 0 Å². The summed E-state index contributed by atoms with van der Waals surface area (Å²) in [4.78, 5) is 12.3. The number of ether oxygens (including phenoxy) is 1. The van der Waals surface area contributed by atoms with Crippen LogP contribution in [-0.2, 0) is 17.6 Å². The van der Waals surface area contributed by atoms with Gasteiger partial charge in [0, 0.05) is 12.5 Å². The molecule has 0 aliphatic carbocycles. The summed E-state index contributed by atoms with van der Waals surface area (Å²) in [5.41, 5.74) is 8.47. The quantitative estimate of drug-likeness (QED) is 0.353. The van der Waals surface area contributed by atoms with Gasteiger partial charge in [-0.15, -0.1) is 0 Å². The van der Waals surface area contributed by atoms with Crippen molar-refractivity contribution in [3.05, 3.63) is 87.5 Å². The summed E-state index contributed by atoms with van der Waals surface area (Å²) in [7, 11) is 0. The Morgan fingerprint density at radius 2 is 1.50 bits per heavy atom. The molecule has 2 N–H and O–H groups in total. The van der Waals surface area contributed by atoms with Crippen LogP contribution in [0.3, 0.4) is 0 Å². The van der Waals surface area contributed by atoms with Crippen molar-refractivity contribution in [3.8, 4) is 17.2 Å². The summed E-state index contributed by atoms with van der Waals surface area (Å²) in [5, 5.41) is 19.1. The normalized spacial score (nSPS) is 11.1. The van der Waals surface area contributed by atoms with Gasteiger partial charge in [0.15, 0.2) is 5.78 Å². The molecular formula is C30H36O4. The number of hydrogen-bond acceptors (Lipinski definition) is 4. The smallest absolute Gasteiger partial charge is 0.170 e. The average Bonchev–Trinajstić information content (AvgIpc) is 2.75. The topological polar surface area (TPSA) is 66.8 Å². The van der Waals surface area contributed by atoms with Crippen molar-refractivity contribution < 1.29 is 19.7 Å². The van der Waals surface area contributed by atoms with E-state index in [2.05, 4.69) is 52.8 Å². The standard InChI is InChI=1S/C30H36O4/c1-19(2)29-15-24(10-9-20(29)3)16-30-21(4)11-28(12-22(30)5)34-18-25(31)8-6-7-23-13-26(32)17-27(33)14-23/h9-15,17,19,32-33H,6-8,16,18H2,1-5H3. The van der Waals surface area contributed by atoms with E-state index < -0.39 is 0 Å². The van der Waals surface area contributed by atoms with E-state index in [1.54, 1.807) is 12.1 Å². The number of Topliss-reactive ketones (excluding diaryl/α,β-unsaturated/α-hetero) is 1. The minimum atomic E-state index is 0.0292. The lowest BCUT2D eigenvalue weighted by Gasteiger charge is -2.16. The predicted octanol–water partition coefficient (Wildman–Crippen LogP) is 6.71. The molecule has 4 nitrogen and oxygen atoms in total. The number of aromatic hydroxyl groups is 2. The van der Waals surface area contributed by atoms with E-state index in [4.69, 9.17) is 4.74 Å². The van der Waals surface area contributed by atoms with Crippen LogP contribution >= 0.6 is 0 Å². The van der Waals surface area contributed by atoms with Crippen LogP contribution in [0.4, 0.5) is 0 Å². The molecule has 3 aromatic carbocycles. The van der Waals surface area contributed by atoms with Gasteiger partial charge in [0.25, 0.3) is 0 Å². The van der Waals surface area contributed by atoms with Crippen molar-refractivity contribution in [1.82, 2.24) is 0 Å². The molecule has 0 saturated heterocycles. The van der Waals surface area contributed by atoms with Crippen molar-refractivity contribution >= 4 is 5.78 Å². The first-order valence-corrected chi connectivity index (χ1v) is 12.0. The van der Waals surface area contributed by atoms with Crippen molar-refractivity contribution in [3.63, 3.8) is 0 Å². The van der Waals surface area contributed by atoms with Gasteiger partial charge in [0.05, 0.1) is 0 Å². The molecule has 0 aliphatic heterocycles. The minimum Gasteiger partial charge on any atom is -0.508 e. The molecule has 180 valence electrons. The lowest BCUT2D eigenvalue weighted by atomic mass is 9.91. The fourth-order valence-corrected chi connectivity index (χ4v) is 4.47. The molecule has 34 heavy (non-hydrogen) atoms. The van der Waals surface area contributed by atoms with E-state index >= 15 is 0 Å². The van der Waals surface area contributed by atoms with Crippen LogP contribution in [0.25, 0.3) is 0 Å². The summed E-state index contributed by atoms with van der Waals surface area (Å²) in [6, 6.07) is 15.3. The average molecular weight is 461 g/mol. The van der Waals surface area contributed by atoms with Crippen LogP contribution in [0.5, 0.6) is 17.2 Å². The van der Waals surface area contributed by atoms with E-state index in [1.165, 1.54) is 28.3 Å². The molecule has 0 heterocycles. The van der Waals surface area contributed by atoms with Crippen LogP contribution in [-0.4, -0.2) is 22.6 Å². The zero-order valence-electron chi connectivity index (χ0n) is 20.9. The maximum atomic E-state index is 12.3. The number of ketones is 1. The number of benzene rings is 3. The summed E-state index contributed by atoms with van der Waals surface area (Å²) in [6.07, 6.45) is 2.51. The molecule has 4 heteroatoms. The van der Waals surface area contributed by atoms with Crippen LogP contribution in [0, 0.1) is 20.8 Å². The lowest BCUT2D eigenvalue weighted by Crippen LogP contribution is -2.12. The summed E-state index contributed by atoms with van der Waals surface area (Å²) < 4.78 is 5.81. The highest BCUT2D eigenvalue weighted by molar-refractivity contribution is 5.79. The second-order valence-corrected chi connectivity index (χ2v) is 9.60. The molecule has 0 radical (unpaired) electrons. The maximum absolute atomic E-state index is 12.3. The largest absolute Gasteiger partial charge is 0.508 e. The Morgan fingerprint density at radius 3 is 2.12 bits per heavy atom. The second kappa shape index (κ2) is 11.2. The number of hydrogen-bond donors (Lipinski definition) is 2. The van der Waals surface area contributed by atoms with E-state index in [0.29, 0.717) is 25.2 Å². The van der Waals surface area contributed by atoms with Gasteiger partial charge in [-0.05, 0) is 109 Å². The van der Waals surface area contributed by atoms with Crippen molar-refractivity contribution in [2.75, 3.05) is 6.61 Å². The molecule has 3 aromatic rings. The van der Waals surface area contributed by atoms with Crippen LogP contribution in [0.1, 0.15) is 71.6 Å². The van der Waals surface area contributed by atoms with E-state index in [-0.39, 0.29) is 23.9 Å². The van der Waals surface area contributed by atoms with Gasteiger partial charge in [-0.3, -0.25) is 4.79 Å². The maximum Gasteiger partial charge on any atom is 0.170 e. The SMILES string of the molecule is Cc1ccc(Cc2c(C)cc(OCC(=O)CCCc3cc(O)cc(O)c3)cc2C)cc1C(C)C. The Kier molecular flexibility index (Phi) is 8.38. The van der Waals surface area contributed by atoms with Gasteiger partial charge < -0.3 is 14.9 Å². The molecule has 3 rings (SSSR count). The Labute approximate surface area is 203 Å². The highest BCUT2D eigenvalue weighted by Gasteiger charge is 2.11. The van der Waals surface area contributed by atoms with Crippen LogP contribution in [0.2, 0.25) is 0 Å². The Balaban J connectivity index is 1.56. The molecule has 0 fully saturated rings. The first-order valence-electron chi connectivity index (χ1n) is 12.0. The summed E-state index contributed by atoms with van der Waals surface area (Å²) in [5.74, 6) is 1.31. The number of phenolic OH excluding ortho intramolecular Hbond substituents is 2. The molecule has 0 amide bonds. The Hall–Kier alpha value is -3.27. The highest BCUT2D eigenvalue weighted by atomic mass is 16.5. The van der Waals surface area contributed by atoms with Crippen LogP contribution in [0.15, 0.2) is 48.5 Å². The number of phenols is 2. The third-order valence-electron chi connectivity index (χ3n) is 6.30. The third-order valence-corrected chi connectivity index (χ3v) is 6.30. The number of carbonyl (C=O) groups excluding carboxylic acids is 1. The first-order chi connectivity index (χ1) is 16.1.